The third kappa shape index (κ3) is 3.59. The SMILES string of the molecule is CC(C)Oc1cccc(/C(O)=C2/C(=O)C(=O)N(c3ccc4c(c3)OCO4)C2c2ccco2)c1. The summed E-state index contributed by atoms with van der Waals surface area (Å²) in [5, 5.41) is 11.2. The Morgan fingerprint density at radius 1 is 1.06 bits per heavy atom. The van der Waals surface area contributed by atoms with Gasteiger partial charge in [0.2, 0.25) is 6.79 Å². The zero-order valence-corrected chi connectivity index (χ0v) is 18.0. The average Bonchev–Trinajstić information content (AvgIpc) is 3.53. The maximum atomic E-state index is 13.2. The van der Waals surface area contributed by atoms with E-state index in [9.17, 15) is 14.7 Å². The number of amides is 1. The zero-order chi connectivity index (χ0) is 23.1. The molecule has 2 aliphatic heterocycles. The fourth-order valence-electron chi connectivity index (χ4n) is 3.99. The molecule has 1 atom stereocenters. The summed E-state index contributed by atoms with van der Waals surface area (Å²) >= 11 is 0. The molecule has 0 radical (unpaired) electrons. The Labute approximate surface area is 189 Å². The molecule has 5 rings (SSSR count). The minimum Gasteiger partial charge on any atom is -0.507 e. The number of ketones is 1. The van der Waals surface area contributed by atoms with E-state index >= 15 is 0 Å². The highest BCUT2D eigenvalue weighted by molar-refractivity contribution is 6.51. The average molecular weight is 447 g/mol. The molecule has 2 aromatic carbocycles. The molecule has 3 heterocycles. The topological polar surface area (TPSA) is 98.4 Å². The molecule has 1 saturated heterocycles. The molecule has 1 aromatic heterocycles. The zero-order valence-electron chi connectivity index (χ0n) is 18.0. The normalized spacial score (nSPS) is 18.9. The van der Waals surface area contributed by atoms with Gasteiger partial charge in [-0.2, -0.15) is 0 Å². The van der Waals surface area contributed by atoms with Crippen LogP contribution in [-0.2, 0) is 9.59 Å². The van der Waals surface area contributed by atoms with E-state index in [1.807, 2.05) is 13.8 Å². The predicted molar refractivity (Wildman–Crippen MR) is 118 cm³/mol. The number of anilines is 1. The van der Waals surface area contributed by atoms with Gasteiger partial charge in [0, 0.05) is 17.3 Å². The lowest BCUT2D eigenvalue weighted by Gasteiger charge is -2.23. The summed E-state index contributed by atoms with van der Waals surface area (Å²) in [6, 6.07) is 14.0. The number of ether oxygens (including phenoxy) is 3. The van der Waals surface area contributed by atoms with Gasteiger partial charge in [0.15, 0.2) is 11.5 Å². The lowest BCUT2D eigenvalue weighted by atomic mass is 9.99. The second-order valence-electron chi connectivity index (χ2n) is 7.92. The van der Waals surface area contributed by atoms with E-state index in [-0.39, 0.29) is 24.2 Å². The number of carbonyl (C=O) groups is 2. The van der Waals surface area contributed by atoms with Crippen LogP contribution in [0, 0.1) is 0 Å². The van der Waals surface area contributed by atoms with Gasteiger partial charge in [-0.1, -0.05) is 12.1 Å². The lowest BCUT2D eigenvalue weighted by molar-refractivity contribution is -0.132. The van der Waals surface area contributed by atoms with Gasteiger partial charge >= 0.3 is 0 Å². The number of nitrogens with zero attached hydrogens (tertiary/aromatic N) is 1. The van der Waals surface area contributed by atoms with Gasteiger partial charge in [-0.15, -0.1) is 0 Å². The van der Waals surface area contributed by atoms with Gasteiger partial charge in [0.1, 0.15) is 23.3 Å². The number of aliphatic hydroxyl groups excluding tert-OH is 1. The first kappa shape index (κ1) is 20.7. The maximum Gasteiger partial charge on any atom is 0.300 e. The van der Waals surface area contributed by atoms with E-state index in [1.165, 1.54) is 11.2 Å². The van der Waals surface area contributed by atoms with Gasteiger partial charge in [-0.25, -0.2) is 0 Å². The van der Waals surface area contributed by atoms with Crippen molar-refractivity contribution in [1.82, 2.24) is 0 Å². The van der Waals surface area contributed by atoms with E-state index in [0.717, 1.165) is 0 Å². The van der Waals surface area contributed by atoms with Crippen molar-refractivity contribution in [2.75, 3.05) is 11.7 Å². The highest BCUT2D eigenvalue weighted by atomic mass is 16.7. The number of carbonyl (C=O) groups excluding carboxylic acids is 2. The maximum absolute atomic E-state index is 13.2. The first-order chi connectivity index (χ1) is 15.9. The van der Waals surface area contributed by atoms with Crippen molar-refractivity contribution < 1.29 is 33.3 Å². The first-order valence-corrected chi connectivity index (χ1v) is 10.4. The molecule has 8 heteroatoms. The number of aliphatic hydroxyl groups is 1. The smallest absolute Gasteiger partial charge is 0.300 e. The number of hydrogen-bond donors (Lipinski definition) is 1. The second-order valence-corrected chi connectivity index (χ2v) is 7.92. The Balaban J connectivity index is 1.64. The van der Waals surface area contributed by atoms with Crippen LogP contribution in [0.15, 0.2) is 70.9 Å². The van der Waals surface area contributed by atoms with Crippen molar-refractivity contribution in [2.45, 2.75) is 26.0 Å². The number of benzene rings is 2. The molecule has 168 valence electrons. The van der Waals surface area contributed by atoms with E-state index in [0.29, 0.717) is 34.3 Å². The second kappa shape index (κ2) is 8.05. The fourth-order valence-corrected chi connectivity index (χ4v) is 3.99. The number of Topliss-reactive ketones (excluding diaryl/α,β-unsaturated/α-hetero) is 1. The molecular weight excluding hydrogens is 426 g/mol. The van der Waals surface area contributed by atoms with Gasteiger partial charge in [-0.05, 0) is 50.2 Å². The van der Waals surface area contributed by atoms with Crippen LogP contribution in [0.5, 0.6) is 17.2 Å². The first-order valence-electron chi connectivity index (χ1n) is 10.4. The minimum atomic E-state index is -0.963. The van der Waals surface area contributed by atoms with E-state index < -0.39 is 17.7 Å². The molecule has 1 amide bonds. The molecule has 8 nitrogen and oxygen atoms in total. The van der Waals surface area contributed by atoms with Crippen molar-refractivity contribution in [3.8, 4) is 17.2 Å². The van der Waals surface area contributed by atoms with Gasteiger partial charge < -0.3 is 23.7 Å². The Morgan fingerprint density at radius 2 is 1.88 bits per heavy atom. The summed E-state index contributed by atoms with van der Waals surface area (Å²) in [6.45, 7) is 3.86. The highest BCUT2D eigenvalue weighted by Gasteiger charge is 2.48. The number of furan rings is 1. The van der Waals surface area contributed by atoms with Gasteiger partial charge in [0.05, 0.1) is 17.9 Å². The van der Waals surface area contributed by atoms with Crippen molar-refractivity contribution in [3.05, 3.63) is 77.8 Å². The van der Waals surface area contributed by atoms with Crippen molar-refractivity contribution >= 4 is 23.1 Å². The molecule has 0 bridgehead atoms. The third-order valence-electron chi connectivity index (χ3n) is 5.37. The monoisotopic (exact) mass is 447 g/mol. The molecule has 1 N–H and O–H groups in total. The quantitative estimate of drug-likeness (QED) is 0.351. The van der Waals surface area contributed by atoms with Gasteiger partial charge in [-0.3, -0.25) is 14.5 Å². The van der Waals surface area contributed by atoms with Crippen molar-refractivity contribution in [2.24, 2.45) is 0 Å². The summed E-state index contributed by atoms with van der Waals surface area (Å²) < 4.78 is 22.1. The van der Waals surface area contributed by atoms with Crippen LogP contribution in [0.4, 0.5) is 5.69 Å². The highest BCUT2D eigenvalue weighted by Crippen LogP contribution is 2.45. The van der Waals surface area contributed by atoms with Crippen LogP contribution in [0.1, 0.15) is 31.2 Å². The van der Waals surface area contributed by atoms with Crippen LogP contribution >= 0.6 is 0 Å². The summed E-state index contributed by atoms with van der Waals surface area (Å²) in [7, 11) is 0. The molecule has 0 saturated carbocycles. The molecular formula is C25H21NO7. The Bertz CT molecular complexity index is 1260. The van der Waals surface area contributed by atoms with Crippen LogP contribution in [0.2, 0.25) is 0 Å². The summed E-state index contributed by atoms with van der Waals surface area (Å²) in [6.07, 6.45) is 1.38. The van der Waals surface area contributed by atoms with Crippen LogP contribution in [0.25, 0.3) is 5.76 Å². The summed E-state index contributed by atoms with van der Waals surface area (Å²) in [5.74, 6) is -0.0325. The fraction of sp³-hybridized carbons (Fsp3) is 0.200. The summed E-state index contributed by atoms with van der Waals surface area (Å²) in [5.41, 5.74) is 0.696. The molecule has 0 aliphatic carbocycles. The van der Waals surface area contributed by atoms with E-state index in [4.69, 9.17) is 18.6 Å². The number of hydrogen-bond acceptors (Lipinski definition) is 7. The van der Waals surface area contributed by atoms with Crippen molar-refractivity contribution in [3.63, 3.8) is 0 Å². The number of rotatable bonds is 5. The molecule has 3 aromatic rings. The largest absolute Gasteiger partial charge is 0.507 e. The summed E-state index contributed by atoms with van der Waals surface area (Å²) in [4.78, 5) is 27.6. The van der Waals surface area contributed by atoms with Crippen LogP contribution in [-0.4, -0.2) is 29.7 Å². The molecule has 1 unspecified atom stereocenters. The molecule has 2 aliphatic rings. The van der Waals surface area contributed by atoms with Gasteiger partial charge in [0.25, 0.3) is 11.7 Å². The number of fused-ring (bicyclic) bond motifs is 1. The predicted octanol–water partition coefficient (Wildman–Crippen LogP) is 4.42. The van der Waals surface area contributed by atoms with Crippen LogP contribution < -0.4 is 19.1 Å². The standard InChI is InChI=1S/C25H21NO7/c1-14(2)33-17-6-3-5-15(11-17)23(27)21-22(19-7-4-10-30-19)26(25(29)24(21)28)16-8-9-18-20(12-16)32-13-31-18/h3-12,14,22,27H,13H2,1-2H3/b23-21-. The van der Waals surface area contributed by atoms with Crippen molar-refractivity contribution in [1.29, 1.82) is 0 Å². The molecule has 0 spiro atoms. The Hall–Kier alpha value is -4.20. The Kier molecular flexibility index (Phi) is 5.05. The molecule has 33 heavy (non-hydrogen) atoms. The lowest BCUT2D eigenvalue weighted by Crippen LogP contribution is -2.29. The van der Waals surface area contributed by atoms with E-state index in [2.05, 4.69) is 0 Å². The third-order valence-corrected chi connectivity index (χ3v) is 5.37. The van der Waals surface area contributed by atoms with E-state index in [1.54, 1.807) is 54.6 Å². The molecule has 1 fully saturated rings. The van der Waals surface area contributed by atoms with Crippen LogP contribution in [0.3, 0.4) is 0 Å². The Morgan fingerprint density at radius 3 is 2.64 bits per heavy atom. The minimum absolute atomic E-state index is 0.0675.